The van der Waals surface area contributed by atoms with Crippen LogP contribution < -0.4 is 0 Å². The summed E-state index contributed by atoms with van der Waals surface area (Å²) in [7, 11) is 0. The maximum absolute atomic E-state index is 4.06. The highest BCUT2D eigenvalue weighted by molar-refractivity contribution is 5.94. The van der Waals surface area contributed by atoms with E-state index in [9.17, 15) is 0 Å². The molecule has 0 spiro atoms. The zero-order chi connectivity index (χ0) is 36.9. The van der Waals surface area contributed by atoms with E-state index in [0.717, 1.165) is 6.42 Å². The monoisotopic (exact) mass is 676 g/mol. The third kappa shape index (κ3) is 6.55. The van der Waals surface area contributed by atoms with E-state index in [2.05, 4.69) is 213 Å². The maximum atomic E-state index is 4.06. The van der Waals surface area contributed by atoms with Crippen LogP contribution in [0.2, 0.25) is 0 Å². The molecule has 52 heavy (non-hydrogen) atoms. The molecule has 0 aliphatic heterocycles. The minimum Gasteiger partial charge on any atom is -0.0991 e. The van der Waals surface area contributed by atoms with Crippen molar-refractivity contribution in [2.45, 2.75) is 65.7 Å². The van der Waals surface area contributed by atoms with E-state index in [1.807, 2.05) is 6.08 Å². The molecular weight excluding hydrogens is 625 g/mol. The number of aryl methyl sites for hydroxylation is 4. The van der Waals surface area contributed by atoms with Gasteiger partial charge in [-0.15, -0.1) is 0 Å². The summed E-state index contributed by atoms with van der Waals surface area (Å²) in [6, 6.07) is 52.7. The molecule has 0 nitrogen and oxygen atoms in total. The van der Waals surface area contributed by atoms with Gasteiger partial charge in [0.05, 0.1) is 5.41 Å². The molecule has 0 aromatic heterocycles. The Morgan fingerprint density at radius 3 is 1.60 bits per heavy atom. The van der Waals surface area contributed by atoms with Crippen LogP contribution in [0.5, 0.6) is 0 Å². The number of rotatable bonds is 4. The Kier molecular flexibility index (Phi) is 10.8. The van der Waals surface area contributed by atoms with Crippen molar-refractivity contribution in [1.29, 1.82) is 0 Å². The highest BCUT2D eigenvalue weighted by Gasteiger charge is 2.48. The highest BCUT2D eigenvalue weighted by atomic mass is 14.5. The van der Waals surface area contributed by atoms with Gasteiger partial charge in [-0.25, -0.2) is 0 Å². The molecule has 0 saturated heterocycles. The molecule has 1 atom stereocenters. The quantitative estimate of drug-likeness (QED) is 0.174. The summed E-state index contributed by atoms with van der Waals surface area (Å²) in [5.41, 5.74) is 18.8. The minimum atomic E-state index is -0.344. The summed E-state index contributed by atoms with van der Waals surface area (Å²) in [6.45, 7) is 19.5. The molecule has 260 valence electrons. The molecule has 0 heterocycles. The van der Waals surface area contributed by atoms with Crippen LogP contribution in [0.4, 0.5) is 0 Å². The fourth-order valence-corrected chi connectivity index (χ4v) is 8.24. The van der Waals surface area contributed by atoms with Crippen molar-refractivity contribution in [3.05, 3.63) is 232 Å². The molecule has 2 aliphatic carbocycles. The normalized spacial score (nSPS) is 17.6. The lowest BCUT2D eigenvalue weighted by Crippen LogP contribution is -2.29. The summed E-state index contributed by atoms with van der Waals surface area (Å²) in [5, 5.41) is 0. The van der Waals surface area contributed by atoms with Gasteiger partial charge in [-0.2, -0.15) is 0 Å². The average molecular weight is 677 g/mol. The average Bonchev–Trinajstić information content (AvgIpc) is 3.59. The molecule has 6 aromatic carbocycles. The van der Waals surface area contributed by atoms with Gasteiger partial charge in [0.25, 0.3) is 0 Å². The van der Waals surface area contributed by atoms with E-state index in [4.69, 9.17) is 0 Å². The Balaban J connectivity index is 0.000000166. The van der Waals surface area contributed by atoms with Gasteiger partial charge in [-0.1, -0.05) is 202 Å². The van der Waals surface area contributed by atoms with Crippen LogP contribution in [0.3, 0.4) is 0 Å². The Bertz CT molecular complexity index is 2170. The van der Waals surface area contributed by atoms with Crippen molar-refractivity contribution in [3.8, 4) is 11.1 Å². The molecule has 0 N–H and O–H groups in total. The van der Waals surface area contributed by atoms with Crippen molar-refractivity contribution >= 4 is 5.57 Å². The van der Waals surface area contributed by atoms with Crippen LogP contribution >= 0.6 is 0 Å². The first kappa shape index (κ1) is 36.3. The SMILES string of the molecule is C=C/C=C1\C(=C/C)c2ccc(CC)cc2C1(c1ccccc1)c1ccccc1C.CC1(C)c2ccccc2-c2ccccc21.Cc1ccc(C)cc1. The van der Waals surface area contributed by atoms with Crippen LogP contribution in [-0.4, -0.2) is 0 Å². The lowest BCUT2D eigenvalue weighted by Gasteiger charge is -2.35. The lowest BCUT2D eigenvalue weighted by atomic mass is 9.66. The largest absolute Gasteiger partial charge is 0.0991 e. The number of benzene rings is 6. The Morgan fingerprint density at radius 2 is 1.08 bits per heavy atom. The molecule has 0 radical (unpaired) electrons. The predicted molar refractivity (Wildman–Crippen MR) is 225 cm³/mol. The van der Waals surface area contributed by atoms with Crippen LogP contribution in [0.15, 0.2) is 176 Å². The predicted octanol–water partition coefficient (Wildman–Crippen LogP) is 13.7. The summed E-state index contributed by atoms with van der Waals surface area (Å²) < 4.78 is 0. The van der Waals surface area contributed by atoms with Gasteiger partial charge in [-0.05, 0) is 101 Å². The molecule has 1 unspecified atom stereocenters. The maximum Gasteiger partial charge on any atom is 0.0716 e. The number of fused-ring (bicyclic) bond motifs is 4. The fraction of sp³-hybridized carbons (Fsp3) is 0.192. The second-order valence-corrected chi connectivity index (χ2v) is 14.6. The van der Waals surface area contributed by atoms with E-state index in [1.165, 1.54) is 77.9 Å². The minimum absolute atomic E-state index is 0.160. The van der Waals surface area contributed by atoms with E-state index in [1.54, 1.807) is 0 Å². The van der Waals surface area contributed by atoms with Gasteiger partial charge in [0.2, 0.25) is 0 Å². The molecule has 0 heteroatoms. The van der Waals surface area contributed by atoms with Crippen LogP contribution in [-0.2, 0) is 17.3 Å². The molecule has 6 aromatic rings. The third-order valence-electron chi connectivity index (χ3n) is 10.9. The van der Waals surface area contributed by atoms with Gasteiger partial charge in [0, 0.05) is 5.41 Å². The number of hydrogen-bond donors (Lipinski definition) is 0. The summed E-state index contributed by atoms with van der Waals surface area (Å²) in [5.74, 6) is 0. The van der Waals surface area contributed by atoms with E-state index in [0.29, 0.717) is 0 Å². The topological polar surface area (TPSA) is 0 Å². The van der Waals surface area contributed by atoms with Crippen LogP contribution in [0.25, 0.3) is 16.7 Å². The smallest absolute Gasteiger partial charge is 0.0716 e. The molecule has 8 rings (SSSR count). The van der Waals surface area contributed by atoms with Crippen molar-refractivity contribution in [3.63, 3.8) is 0 Å². The molecule has 0 amide bonds. The van der Waals surface area contributed by atoms with E-state index < -0.39 is 0 Å². The Labute approximate surface area is 312 Å². The molecule has 2 aliphatic rings. The molecular formula is C52H52. The van der Waals surface area contributed by atoms with Gasteiger partial charge in [-0.3, -0.25) is 0 Å². The zero-order valence-corrected chi connectivity index (χ0v) is 32.0. The molecule has 0 saturated carbocycles. The Morgan fingerprint density at radius 1 is 0.558 bits per heavy atom. The third-order valence-corrected chi connectivity index (χ3v) is 10.9. The zero-order valence-electron chi connectivity index (χ0n) is 32.0. The van der Waals surface area contributed by atoms with E-state index in [-0.39, 0.29) is 10.8 Å². The standard InChI is InChI=1S/C29H28.C15H14.C8H10/c1-5-13-27-24(7-3)25-19-18-22(6-2)20-28(25)29(27,23-15-9-8-10-16-23)26-17-12-11-14-21(26)4;1-15(2)13-9-5-3-7-11(13)12-8-4-6-10-14(12)15;1-7-3-5-8(2)6-4-7/h5,7-20H,1,6H2,2-4H3;3-10H,1-2H3;3-6H,1-2H3/b24-7-,27-13+;;. The van der Waals surface area contributed by atoms with Crippen LogP contribution in [0, 0.1) is 20.8 Å². The fourth-order valence-electron chi connectivity index (χ4n) is 8.24. The van der Waals surface area contributed by atoms with Crippen molar-refractivity contribution in [2.75, 3.05) is 0 Å². The summed E-state index contributed by atoms with van der Waals surface area (Å²) in [4.78, 5) is 0. The Hall–Kier alpha value is -5.46. The second kappa shape index (κ2) is 15.4. The second-order valence-electron chi connectivity index (χ2n) is 14.6. The summed E-state index contributed by atoms with van der Waals surface area (Å²) >= 11 is 0. The first-order chi connectivity index (χ1) is 25.2. The molecule has 0 fully saturated rings. The van der Waals surface area contributed by atoms with E-state index >= 15 is 0 Å². The first-order valence-electron chi connectivity index (χ1n) is 18.7. The van der Waals surface area contributed by atoms with Gasteiger partial charge in [0.15, 0.2) is 0 Å². The van der Waals surface area contributed by atoms with Gasteiger partial charge in [0.1, 0.15) is 0 Å². The van der Waals surface area contributed by atoms with Crippen molar-refractivity contribution in [1.82, 2.24) is 0 Å². The number of hydrogen-bond acceptors (Lipinski definition) is 0. The van der Waals surface area contributed by atoms with Crippen molar-refractivity contribution < 1.29 is 0 Å². The number of allylic oxidation sites excluding steroid dienone is 5. The van der Waals surface area contributed by atoms with Gasteiger partial charge >= 0.3 is 0 Å². The van der Waals surface area contributed by atoms with Crippen molar-refractivity contribution in [2.24, 2.45) is 0 Å². The van der Waals surface area contributed by atoms with Gasteiger partial charge < -0.3 is 0 Å². The summed E-state index contributed by atoms with van der Waals surface area (Å²) in [6.07, 6.45) is 7.42. The highest BCUT2D eigenvalue weighted by Crippen LogP contribution is 2.58. The first-order valence-corrected chi connectivity index (χ1v) is 18.7. The molecule has 0 bridgehead atoms. The lowest BCUT2D eigenvalue weighted by molar-refractivity contribution is 0.660. The van der Waals surface area contributed by atoms with Crippen LogP contribution in [0.1, 0.15) is 83.3 Å².